The highest BCUT2D eigenvalue weighted by molar-refractivity contribution is 6.23. The second-order valence-electron chi connectivity index (χ2n) is 1.80. The summed E-state index contributed by atoms with van der Waals surface area (Å²) >= 11 is 11.0. The zero-order chi connectivity index (χ0) is 7.28. The zero-order valence-electron chi connectivity index (χ0n) is 4.93. The number of hydrogen-bond donors (Lipinski definition) is 2. The summed E-state index contributed by atoms with van der Waals surface area (Å²) in [4.78, 5) is 0. The number of alkyl halides is 2. The van der Waals surface area contributed by atoms with Crippen LogP contribution < -0.4 is 0 Å². The molecule has 56 valence electrons. The van der Waals surface area contributed by atoms with Gasteiger partial charge < -0.3 is 10.2 Å². The molecule has 0 radical (unpaired) electrons. The van der Waals surface area contributed by atoms with E-state index in [0.717, 1.165) is 0 Å². The molecule has 0 aliphatic carbocycles. The highest BCUT2D eigenvalue weighted by atomic mass is 35.5. The minimum absolute atomic E-state index is 0.0925. The van der Waals surface area contributed by atoms with Crippen LogP contribution in [0.5, 0.6) is 0 Å². The number of aliphatic hydroxyl groups is 2. The minimum Gasteiger partial charge on any atom is -0.395 e. The second kappa shape index (κ2) is 5.30. The van der Waals surface area contributed by atoms with Crippen LogP contribution in [0.2, 0.25) is 0 Å². The van der Waals surface area contributed by atoms with Crippen LogP contribution in [0.1, 0.15) is 6.42 Å². The quantitative estimate of drug-likeness (QED) is 0.610. The van der Waals surface area contributed by atoms with Gasteiger partial charge in [-0.25, -0.2) is 0 Å². The fraction of sp³-hybridized carbons (Fsp3) is 1.00. The average Bonchev–Trinajstić information content (AvgIpc) is 1.87. The molecular weight excluding hydrogens is 163 g/mol. The van der Waals surface area contributed by atoms with Crippen LogP contribution in [0.25, 0.3) is 0 Å². The molecule has 0 amide bonds. The average molecular weight is 173 g/mol. The molecule has 0 aliphatic rings. The molecule has 2 atom stereocenters. The van der Waals surface area contributed by atoms with Crippen LogP contribution in [0.3, 0.4) is 0 Å². The van der Waals surface area contributed by atoms with Crippen molar-refractivity contribution in [3.63, 3.8) is 0 Å². The third-order valence-electron chi connectivity index (χ3n) is 0.908. The van der Waals surface area contributed by atoms with E-state index >= 15 is 0 Å². The van der Waals surface area contributed by atoms with Gasteiger partial charge >= 0.3 is 0 Å². The van der Waals surface area contributed by atoms with Gasteiger partial charge in [0, 0.05) is 0 Å². The summed E-state index contributed by atoms with van der Waals surface area (Å²) in [6.07, 6.45) is 0.441. The monoisotopic (exact) mass is 172 g/mol. The molecule has 0 aromatic rings. The lowest BCUT2D eigenvalue weighted by Crippen LogP contribution is -2.14. The second-order valence-corrected chi connectivity index (χ2v) is 3.03. The van der Waals surface area contributed by atoms with E-state index in [0.29, 0.717) is 6.42 Å². The van der Waals surface area contributed by atoms with Crippen molar-refractivity contribution in [2.24, 2.45) is 0 Å². The Morgan fingerprint density at radius 1 is 1.00 bits per heavy atom. The van der Waals surface area contributed by atoms with Gasteiger partial charge in [0.2, 0.25) is 0 Å². The summed E-state index contributed by atoms with van der Waals surface area (Å²) in [6, 6.07) is 0. The lowest BCUT2D eigenvalue weighted by atomic mass is 10.2. The predicted octanol–water partition coefficient (Wildman–Crippen LogP) is 0.576. The maximum absolute atomic E-state index is 8.41. The molecule has 2 nitrogen and oxygen atoms in total. The zero-order valence-corrected chi connectivity index (χ0v) is 6.44. The smallest absolute Gasteiger partial charge is 0.0595 e. The Morgan fingerprint density at radius 3 is 1.56 bits per heavy atom. The van der Waals surface area contributed by atoms with Crippen LogP contribution in [0, 0.1) is 0 Å². The third kappa shape index (κ3) is 4.97. The van der Waals surface area contributed by atoms with Gasteiger partial charge in [-0.3, -0.25) is 0 Å². The molecule has 4 heteroatoms. The van der Waals surface area contributed by atoms with Gasteiger partial charge in [0.05, 0.1) is 24.0 Å². The number of hydrogen-bond acceptors (Lipinski definition) is 2. The van der Waals surface area contributed by atoms with Crippen molar-refractivity contribution in [3.8, 4) is 0 Å². The van der Waals surface area contributed by atoms with Gasteiger partial charge in [0.25, 0.3) is 0 Å². The van der Waals surface area contributed by atoms with Crippen LogP contribution >= 0.6 is 23.2 Å². The van der Waals surface area contributed by atoms with Crippen molar-refractivity contribution in [2.75, 3.05) is 13.2 Å². The normalized spacial score (nSPS) is 17.3. The first-order valence-electron chi connectivity index (χ1n) is 2.70. The molecule has 0 aromatic heterocycles. The summed E-state index contributed by atoms with van der Waals surface area (Å²) in [5.41, 5.74) is 0. The summed E-state index contributed by atoms with van der Waals surface area (Å²) in [6.45, 7) is -0.185. The highest BCUT2D eigenvalue weighted by Gasteiger charge is 2.09. The van der Waals surface area contributed by atoms with Gasteiger partial charge in [0.15, 0.2) is 0 Å². The van der Waals surface area contributed by atoms with Gasteiger partial charge in [-0.2, -0.15) is 0 Å². The molecule has 2 N–H and O–H groups in total. The summed E-state index contributed by atoms with van der Waals surface area (Å²) in [7, 11) is 0. The predicted molar refractivity (Wildman–Crippen MR) is 38.1 cm³/mol. The lowest BCUT2D eigenvalue weighted by molar-refractivity contribution is 0.262. The number of halogens is 2. The molecule has 0 saturated heterocycles. The molecule has 0 spiro atoms. The van der Waals surface area contributed by atoms with E-state index in [1.165, 1.54) is 0 Å². The Hall–Kier alpha value is 0.500. The largest absolute Gasteiger partial charge is 0.395 e. The molecular formula is C5H10Cl2O2. The van der Waals surface area contributed by atoms with E-state index < -0.39 is 0 Å². The first kappa shape index (κ1) is 9.50. The Kier molecular flexibility index (Phi) is 5.59. The Balaban J connectivity index is 3.22. The lowest BCUT2D eigenvalue weighted by Gasteiger charge is -2.07. The Labute approximate surface area is 64.4 Å². The van der Waals surface area contributed by atoms with Crippen LogP contribution in [-0.4, -0.2) is 34.2 Å². The van der Waals surface area contributed by atoms with Crippen molar-refractivity contribution in [3.05, 3.63) is 0 Å². The Morgan fingerprint density at radius 2 is 1.33 bits per heavy atom. The molecule has 9 heavy (non-hydrogen) atoms. The SMILES string of the molecule is OC[C@H](Cl)C[C@@H](Cl)CO. The van der Waals surface area contributed by atoms with E-state index in [9.17, 15) is 0 Å². The fourth-order valence-corrected chi connectivity index (χ4v) is 0.948. The van der Waals surface area contributed by atoms with Crippen LogP contribution in [-0.2, 0) is 0 Å². The fourth-order valence-electron chi connectivity index (χ4n) is 0.427. The van der Waals surface area contributed by atoms with E-state index in [1.807, 2.05) is 0 Å². The molecule has 0 heterocycles. The maximum atomic E-state index is 8.41. The summed E-state index contributed by atoms with van der Waals surface area (Å²) in [5.74, 6) is 0. The molecule has 0 aliphatic heterocycles. The summed E-state index contributed by atoms with van der Waals surface area (Å²) in [5, 5.41) is 16.1. The molecule has 0 rings (SSSR count). The highest BCUT2D eigenvalue weighted by Crippen LogP contribution is 2.09. The van der Waals surface area contributed by atoms with E-state index in [1.54, 1.807) is 0 Å². The topological polar surface area (TPSA) is 40.5 Å². The van der Waals surface area contributed by atoms with Crippen LogP contribution in [0.15, 0.2) is 0 Å². The maximum Gasteiger partial charge on any atom is 0.0595 e. The van der Waals surface area contributed by atoms with E-state index in [2.05, 4.69) is 0 Å². The van der Waals surface area contributed by atoms with Crippen LogP contribution in [0.4, 0.5) is 0 Å². The van der Waals surface area contributed by atoms with Crippen molar-refractivity contribution in [2.45, 2.75) is 17.2 Å². The van der Waals surface area contributed by atoms with Gasteiger partial charge in [-0.15, -0.1) is 23.2 Å². The first-order chi connectivity index (χ1) is 4.20. The number of aliphatic hydroxyl groups excluding tert-OH is 2. The van der Waals surface area contributed by atoms with Crippen molar-refractivity contribution in [1.29, 1.82) is 0 Å². The molecule has 0 unspecified atom stereocenters. The molecule has 0 saturated carbocycles. The van der Waals surface area contributed by atoms with E-state index in [4.69, 9.17) is 33.4 Å². The van der Waals surface area contributed by atoms with Gasteiger partial charge in [-0.05, 0) is 6.42 Å². The van der Waals surface area contributed by atoms with E-state index in [-0.39, 0.29) is 24.0 Å². The standard InChI is InChI=1S/C5H10Cl2O2/c6-4(2-8)1-5(7)3-9/h4-5,8-9H,1-3H2/t4-,5-/m1/s1. The van der Waals surface area contributed by atoms with Crippen molar-refractivity contribution < 1.29 is 10.2 Å². The molecule has 0 aromatic carbocycles. The van der Waals surface area contributed by atoms with Gasteiger partial charge in [0.1, 0.15) is 0 Å². The number of rotatable bonds is 4. The summed E-state index contributed by atoms with van der Waals surface area (Å²) < 4.78 is 0. The molecule has 0 fully saturated rings. The first-order valence-corrected chi connectivity index (χ1v) is 3.57. The Bertz CT molecular complexity index is 62.0. The van der Waals surface area contributed by atoms with Gasteiger partial charge in [-0.1, -0.05) is 0 Å². The van der Waals surface area contributed by atoms with Crippen molar-refractivity contribution in [1.82, 2.24) is 0 Å². The molecule has 0 bridgehead atoms. The minimum atomic E-state index is -0.334. The third-order valence-corrected chi connectivity index (χ3v) is 1.54. The van der Waals surface area contributed by atoms with Crippen molar-refractivity contribution >= 4 is 23.2 Å².